The Labute approximate surface area is 116 Å². The number of hydrogen-bond donors (Lipinski definition) is 1. The lowest BCUT2D eigenvalue weighted by atomic mass is 10.2. The second-order valence-corrected chi connectivity index (χ2v) is 5.33. The molecule has 0 aliphatic carbocycles. The van der Waals surface area contributed by atoms with Gasteiger partial charge in [0.25, 0.3) is 5.91 Å². The highest BCUT2D eigenvalue weighted by Gasteiger charge is 2.17. The van der Waals surface area contributed by atoms with Crippen LogP contribution in [-0.2, 0) is 6.42 Å². The second-order valence-electron chi connectivity index (χ2n) is 4.30. The van der Waals surface area contributed by atoms with Gasteiger partial charge in [0.15, 0.2) is 5.13 Å². The smallest absolute Gasteiger partial charge is 0.265 e. The van der Waals surface area contributed by atoms with Crippen LogP contribution < -0.4 is 5.73 Å². The minimum Gasteiger partial charge on any atom is -0.375 e. The molecular weight excluding hydrogens is 260 g/mol. The lowest BCUT2D eigenvalue weighted by Crippen LogP contribution is -2.28. The Kier molecular flexibility index (Phi) is 4.11. The first-order chi connectivity index (χ1) is 9.08. The molecule has 0 unspecified atom stereocenters. The molecule has 0 saturated heterocycles. The van der Waals surface area contributed by atoms with E-state index in [0.717, 1.165) is 12.0 Å². The Morgan fingerprint density at radius 3 is 2.68 bits per heavy atom. The Bertz CT molecular complexity index is 567. The Morgan fingerprint density at radius 2 is 2.11 bits per heavy atom. The average molecular weight is 276 g/mol. The molecule has 19 heavy (non-hydrogen) atoms. The number of aromatic nitrogens is 2. The quantitative estimate of drug-likeness (QED) is 0.923. The van der Waals surface area contributed by atoms with Gasteiger partial charge in [-0.25, -0.2) is 4.98 Å². The molecule has 0 radical (unpaired) electrons. The molecule has 6 heteroatoms. The zero-order valence-corrected chi connectivity index (χ0v) is 11.8. The van der Waals surface area contributed by atoms with Crippen molar-refractivity contribution in [3.05, 3.63) is 40.7 Å². The van der Waals surface area contributed by atoms with Gasteiger partial charge in [-0.15, -0.1) is 0 Å². The highest BCUT2D eigenvalue weighted by atomic mass is 32.1. The number of carbonyl (C=O) groups is 1. The lowest BCUT2D eigenvalue weighted by molar-refractivity contribution is 0.0800. The molecule has 0 aliphatic heterocycles. The fourth-order valence-corrected chi connectivity index (χ4v) is 2.57. The summed E-state index contributed by atoms with van der Waals surface area (Å²) in [6.07, 6.45) is 4.31. The summed E-state index contributed by atoms with van der Waals surface area (Å²) in [6.45, 7) is 2.46. The fraction of sp³-hybridized carbons (Fsp3) is 0.308. The monoisotopic (exact) mass is 276 g/mol. The van der Waals surface area contributed by atoms with E-state index in [4.69, 9.17) is 5.73 Å². The van der Waals surface area contributed by atoms with Crippen LogP contribution in [-0.4, -0.2) is 34.4 Å². The number of nitrogen functional groups attached to an aromatic ring is 1. The van der Waals surface area contributed by atoms with Crippen LogP contribution in [0.4, 0.5) is 5.13 Å². The maximum Gasteiger partial charge on any atom is 0.265 e. The molecule has 1 amide bonds. The van der Waals surface area contributed by atoms with E-state index in [2.05, 4.69) is 9.97 Å². The molecule has 0 aromatic carbocycles. The van der Waals surface area contributed by atoms with Crippen molar-refractivity contribution in [2.24, 2.45) is 0 Å². The summed E-state index contributed by atoms with van der Waals surface area (Å²) in [6, 6.07) is 3.91. The number of aryl methyl sites for hydroxylation is 1. The molecule has 2 rings (SSSR count). The topological polar surface area (TPSA) is 72.1 Å². The SMILES string of the molecule is Cc1nc(N)sc1C(=O)N(C)CCc1ccncc1. The summed E-state index contributed by atoms with van der Waals surface area (Å²) in [7, 11) is 1.79. The van der Waals surface area contributed by atoms with Crippen molar-refractivity contribution in [1.82, 2.24) is 14.9 Å². The Hall–Kier alpha value is -1.95. The first-order valence-corrected chi connectivity index (χ1v) is 6.77. The van der Waals surface area contributed by atoms with Crippen LogP contribution in [0.25, 0.3) is 0 Å². The number of likely N-dealkylation sites (N-methyl/N-ethyl adjacent to an activating group) is 1. The van der Waals surface area contributed by atoms with Gasteiger partial charge < -0.3 is 10.6 Å². The van der Waals surface area contributed by atoms with E-state index in [1.807, 2.05) is 12.1 Å². The van der Waals surface area contributed by atoms with E-state index < -0.39 is 0 Å². The van der Waals surface area contributed by atoms with Crippen molar-refractivity contribution in [3.63, 3.8) is 0 Å². The third kappa shape index (κ3) is 3.29. The fourth-order valence-electron chi connectivity index (χ4n) is 1.74. The van der Waals surface area contributed by atoms with Gasteiger partial charge in [0.2, 0.25) is 0 Å². The first kappa shape index (κ1) is 13.5. The zero-order chi connectivity index (χ0) is 13.8. The van der Waals surface area contributed by atoms with E-state index in [0.29, 0.717) is 22.2 Å². The molecule has 0 aliphatic rings. The van der Waals surface area contributed by atoms with E-state index in [9.17, 15) is 4.79 Å². The van der Waals surface area contributed by atoms with Crippen molar-refractivity contribution >= 4 is 22.4 Å². The summed E-state index contributed by atoms with van der Waals surface area (Å²) in [5.41, 5.74) is 7.47. The highest BCUT2D eigenvalue weighted by Crippen LogP contribution is 2.21. The number of nitrogens with zero attached hydrogens (tertiary/aromatic N) is 3. The molecule has 0 spiro atoms. The van der Waals surface area contributed by atoms with Crippen LogP contribution in [0, 0.1) is 6.92 Å². The molecule has 0 fully saturated rings. The maximum absolute atomic E-state index is 12.2. The number of thiazole rings is 1. The predicted octanol–water partition coefficient (Wildman–Crippen LogP) is 1.74. The third-order valence-electron chi connectivity index (χ3n) is 2.84. The van der Waals surface area contributed by atoms with Crippen molar-refractivity contribution in [1.29, 1.82) is 0 Å². The molecule has 2 N–H and O–H groups in total. The number of carbonyl (C=O) groups excluding carboxylic acids is 1. The molecule has 0 saturated carbocycles. The van der Waals surface area contributed by atoms with Crippen LogP contribution >= 0.6 is 11.3 Å². The van der Waals surface area contributed by atoms with E-state index in [1.54, 1.807) is 31.3 Å². The van der Waals surface area contributed by atoms with Gasteiger partial charge in [-0.1, -0.05) is 11.3 Å². The van der Waals surface area contributed by atoms with Crippen molar-refractivity contribution in [2.75, 3.05) is 19.3 Å². The molecular formula is C13H16N4OS. The molecule has 2 aromatic rings. The predicted molar refractivity (Wildman–Crippen MR) is 76.2 cm³/mol. The standard InChI is InChI=1S/C13H16N4OS/c1-9-11(19-13(14)16-9)12(18)17(2)8-5-10-3-6-15-7-4-10/h3-4,6-7H,5,8H2,1-2H3,(H2,14,16). The molecule has 2 aromatic heterocycles. The number of amides is 1. The van der Waals surface area contributed by atoms with Crippen molar-refractivity contribution < 1.29 is 4.79 Å². The van der Waals surface area contributed by atoms with Gasteiger partial charge >= 0.3 is 0 Å². The number of anilines is 1. The maximum atomic E-state index is 12.2. The van der Waals surface area contributed by atoms with E-state index in [-0.39, 0.29) is 5.91 Å². The molecule has 0 bridgehead atoms. The van der Waals surface area contributed by atoms with Gasteiger partial charge in [0.1, 0.15) is 4.88 Å². The van der Waals surface area contributed by atoms with Gasteiger partial charge in [-0.05, 0) is 31.0 Å². The van der Waals surface area contributed by atoms with Crippen LogP contribution in [0.5, 0.6) is 0 Å². The number of pyridine rings is 1. The van der Waals surface area contributed by atoms with Gasteiger partial charge in [-0.2, -0.15) is 0 Å². The van der Waals surface area contributed by atoms with Gasteiger partial charge in [0.05, 0.1) is 5.69 Å². The highest BCUT2D eigenvalue weighted by molar-refractivity contribution is 7.17. The molecule has 0 atom stereocenters. The minimum atomic E-state index is -0.0271. The van der Waals surface area contributed by atoms with Crippen molar-refractivity contribution in [3.8, 4) is 0 Å². The lowest BCUT2D eigenvalue weighted by Gasteiger charge is -2.16. The summed E-state index contributed by atoms with van der Waals surface area (Å²) in [5.74, 6) is -0.0271. The van der Waals surface area contributed by atoms with Crippen LogP contribution in [0.3, 0.4) is 0 Å². The van der Waals surface area contributed by atoms with Gasteiger partial charge in [0, 0.05) is 26.0 Å². The largest absolute Gasteiger partial charge is 0.375 e. The third-order valence-corrected chi connectivity index (χ3v) is 3.81. The van der Waals surface area contributed by atoms with E-state index >= 15 is 0 Å². The summed E-state index contributed by atoms with van der Waals surface area (Å²) < 4.78 is 0. The van der Waals surface area contributed by atoms with Gasteiger partial charge in [-0.3, -0.25) is 9.78 Å². The minimum absolute atomic E-state index is 0.0271. The zero-order valence-electron chi connectivity index (χ0n) is 11.0. The second kappa shape index (κ2) is 5.79. The normalized spacial score (nSPS) is 10.4. The molecule has 2 heterocycles. The van der Waals surface area contributed by atoms with Crippen LogP contribution in [0.1, 0.15) is 20.9 Å². The van der Waals surface area contributed by atoms with Crippen LogP contribution in [0.2, 0.25) is 0 Å². The number of rotatable bonds is 4. The van der Waals surface area contributed by atoms with Crippen LogP contribution in [0.15, 0.2) is 24.5 Å². The summed E-state index contributed by atoms with van der Waals surface area (Å²) in [5, 5.41) is 0.434. The number of nitrogens with two attached hydrogens (primary N) is 1. The van der Waals surface area contributed by atoms with Crippen molar-refractivity contribution in [2.45, 2.75) is 13.3 Å². The number of hydrogen-bond acceptors (Lipinski definition) is 5. The summed E-state index contributed by atoms with van der Waals surface area (Å²) in [4.78, 5) is 22.6. The Balaban J connectivity index is 1.98. The molecule has 5 nitrogen and oxygen atoms in total. The average Bonchev–Trinajstić information content (AvgIpc) is 2.75. The Morgan fingerprint density at radius 1 is 1.42 bits per heavy atom. The molecule has 100 valence electrons. The first-order valence-electron chi connectivity index (χ1n) is 5.95. The summed E-state index contributed by atoms with van der Waals surface area (Å²) >= 11 is 1.24. The van der Waals surface area contributed by atoms with E-state index in [1.165, 1.54) is 11.3 Å².